The third-order valence-corrected chi connectivity index (χ3v) is 4.44. The second kappa shape index (κ2) is 9.19. The number of hydrogen-bond acceptors (Lipinski definition) is 4. The molecule has 1 fully saturated rings. The molecular weight excluding hydrogens is 387 g/mol. The number of halogens is 2. The van der Waals surface area contributed by atoms with Gasteiger partial charge in [0, 0.05) is 24.4 Å². The van der Waals surface area contributed by atoms with E-state index >= 15 is 0 Å². The van der Waals surface area contributed by atoms with Crippen molar-refractivity contribution in [1.82, 2.24) is 9.97 Å². The number of amides is 1. The summed E-state index contributed by atoms with van der Waals surface area (Å²) in [6.45, 7) is 1.25. The lowest BCUT2D eigenvalue weighted by atomic mass is 10.1. The minimum Gasteiger partial charge on any atom is -0.370 e. The first-order valence-electron chi connectivity index (χ1n) is 8.44. The van der Waals surface area contributed by atoms with Gasteiger partial charge in [-0.25, -0.2) is 4.98 Å². The van der Waals surface area contributed by atoms with Gasteiger partial charge in [-0.2, -0.15) is 0 Å². The van der Waals surface area contributed by atoms with E-state index in [1.807, 2.05) is 30.3 Å². The van der Waals surface area contributed by atoms with E-state index in [4.69, 9.17) is 10.5 Å². The molecule has 0 radical (unpaired) electrons. The lowest BCUT2D eigenvalue weighted by Crippen LogP contribution is -2.12. The Labute approximate surface area is 169 Å². The molecule has 144 valence electrons. The summed E-state index contributed by atoms with van der Waals surface area (Å²) in [6, 6.07) is 12.9. The van der Waals surface area contributed by atoms with Gasteiger partial charge in [0.15, 0.2) is 0 Å². The summed E-state index contributed by atoms with van der Waals surface area (Å²) in [4.78, 5) is 20.3. The number of aromatic amines is 1. The third kappa shape index (κ3) is 4.59. The Balaban J connectivity index is 0.00000131. The van der Waals surface area contributed by atoms with E-state index in [1.54, 1.807) is 12.1 Å². The molecule has 1 atom stereocenters. The van der Waals surface area contributed by atoms with E-state index in [1.165, 1.54) is 0 Å². The second-order valence-corrected chi connectivity index (χ2v) is 6.21. The molecule has 0 spiro atoms. The predicted octanol–water partition coefficient (Wildman–Crippen LogP) is 3.97. The zero-order chi connectivity index (χ0) is 17.2. The number of fused-ring (bicyclic) bond motifs is 1. The standard InChI is InChI=1S/C19H20N4O2.2ClH/c20-11-12-3-5-13(6-4-12)19(24)21-14-7-8-15-16(10-14)23-18(22-15)17-2-1-9-25-17;;/h3-8,10,17H,1-2,9,11,20H2,(H,21,24)(H,22,23);2*1H. The van der Waals surface area contributed by atoms with Crippen molar-refractivity contribution in [3.63, 3.8) is 0 Å². The van der Waals surface area contributed by atoms with E-state index in [2.05, 4.69) is 15.3 Å². The fourth-order valence-electron chi connectivity index (χ4n) is 3.05. The van der Waals surface area contributed by atoms with Gasteiger partial charge in [0.05, 0.1) is 11.0 Å². The van der Waals surface area contributed by atoms with Crippen LogP contribution in [0.5, 0.6) is 0 Å². The molecule has 3 aromatic rings. The Hall–Kier alpha value is -2.12. The van der Waals surface area contributed by atoms with Crippen molar-refractivity contribution in [2.45, 2.75) is 25.5 Å². The largest absolute Gasteiger partial charge is 0.370 e. The van der Waals surface area contributed by atoms with E-state index in [0.29, 0.717) is 12.1 Å². The molecular formula is C19H22Cl2N4O2. The van der Waals surface area contributed by atoms with Crippen molar-refractivity contribution < 1.29 is 9.53 Å². The van der Waals surface area contributed by atoms with Crippen LogP contribution in [0.25, 0.3) is 11.0 Å². The van der Waals surface area contributed by atoms with Crippen molar-refractivity contribution in [3.8, 4) is 0 Å². The van der Waals surface area contributed by atoms with Gasteiger partial charge >= 0.3 is 0 Å². The number of nitrogens with two attached hydrogens (primary N) is 1. The van der Waals surface area contributed by atoms with Crippen molar-refractivity contribution in [2.75, 3.05) is 11.9 Å². The fourth-order valence-corrected chi connectivity index (χ4v) is 3.05. The summed E-state index contributed by atoms with van der Waals surface area (Å²) in [5.41, 5.74) is 9.66. The van der Waals surface area contributed by atoms with Crippen LogP contribution in [0.15, 0.2) is 42.5 Å². The zero-order valence-corrected chi connectivity index (χ0v) is 16.2. The molecule has 1 amide bonds. The maximum absolute atomic E-state index is 12.4. The lowest BCUT2D eigenvalue weighted by molar-refractivity contribution is 0.102. The van der Waals surface area contributed by atoms with Crippen LogP contribution in [-0.4, -0.2) is 22.5 Å². The summed E-state index contributed by atoms with van der Waals surface area (Å²) < 4.78 is 5.67. The second-order valence-electron chi connectivity index (χ2n) is 6.21. The molecule has 2 aromatic carbocycles. The topological polar surface area (TPSA) is 93.0 Å². The molecule has 2 heterocycles. The Kier molecular flexibility index (Phi) is 7.21. The number of carbonyl (C=O) groups is 1. The highest BCUT2D eigenvalue weighted by molar-refractivity contribution is 6.05. The molecule has 1 saturated heterocycles. The van der Waals surface area contributed by atoms with Crippen LogP contribution in [0, 0.1) is 0 Å². The van der Waals surface area contributed by atoms with E-state index < -0.39 is 0 Å². The number of aromatic nitrogens is 2. The number of ether oxygens (including phenoxy) is 1. The van der Waals surface area contributed by atoms with Gasteiger partial charge in [0.25, 0.3) is 5.91 Å². The first kappa shape index (κ1) is 21.2. The number of benzene rings is 2. The van der Waals surface area contributed by atoms with Gasteiger partial charge in [0.2, 0.25) is 0 Å². The van der Waals surface area contributed by atoms with Crippen LogP contribution in [0.3, 0.4) is 0 Å². The predicted molar refractivity (Wildman–Crippen MR) is 111 cm³/mol. The monoisotopic (exact) mass is 408 g/mol. The SMILES string of the molecule is Cl.Cl.NCc1ccc(C(=O)Nc2ccc3nc(C4CCCO4)[nH]c3c2)cc1. The Bertz CT molecular complexity index is 906. The summed E-state index contributed by atoms with van der Waals surface area (Å²) in [5.74, 6) is 0.704. The minimum atomic E-state index is -0.151. The molecule has 6 nitrogen and oxygen atoms in total. The lowest BCUT2D eigenvalue weighted by Gasteiger charge is -2.06. The molecule has 8 heteroatoms. The third-order valence-electron chi connectivity index (χ3n) is 4.44. The van der Waals surface area contributed by atoms with Crippen LogP contribution in [-0.2, 0) is 11.3 Å². The maximum Gasteiger partial charge on any atom is 0.255 e. The van der Waals surface area contributed by atoms with Crippen LogP contribution in [0.2, 0.25) is 0 Å². The molecule has 1 aromatic heterocycles. The Morgan fingerprint density at radius 2 is 2.00 bits per heavy atom. The number of nitrogens with zero attached hydrogens (tertiary/aromatic N) is 1. The van der Waals surface area contributed by atoms with Gasteiger partial charge in [-0.1, -0.05) is 12.1 Å². The van der Waals surface area contributed by atoms with Crippen LogP contribution in [0.4, 0.5) is 5.69 Å². The minimum absolute atomic E-state index is 0. The number of carbonyl (C=O) groups excluding carboxylic acids is 1. The van der Waals surface area contributed by atoms with E-state index in [-0.39, 0.29) is 36.8 Å². The highest BCUT2D eigenvalue weighted by Crippen LogP contribution is 2.28. The van der Waals surface area contributed by atoms with Crippen LogP contribution < -0.4 is 11.1 Å². The van der Waals surface area contributed by atoms with Gasteiger partial charge < -0.3 is 20.8 Å². The molecule has 1 aliphatic heterocycles. The number of hydrogen-bond donors (Lipinski definition) is 3. The number of H-pyrrole nitrogens is 1. The van der Waals surface area contributed by atoms with Gasteiger partial charge in [-0.3, -0.25) is 4.79 Å². The number of rotatable bonds is 4. The van der Waals surface area contributed by atoms with Crippen molar-refractivity contribution in [2.24, 2.45) is 5.73 Å². The zero-order valence-electron chi connectivity index (χ0n) is 14.6. The van der Waals surface area contributed by atoms with E-state index in [9.17, 15) is 4.79 Å². The molecule has 4 rings (SSSR count). The highest BCUT2D eigenvalue weighted by atomic mass is 35.5. The van der Waals surface area contributed by atoms with Crippen LogP contribution in [0.1, 0.15) is 40.7 Å². The summed E-state index contributed by atoms with van der Waals surface area (Å²) in [6.07, 6.45) is 2.10. The summed E-state index contributed by atoms with van der Waals surface area (Å²) in [7, 11) is 0. The van der Waals surface area contributed by atoms with Crippen molar-refractivity contribution >= 4 is 47.4 Å². The molecule has 1 aliphatic rings. The molecule has 0 bridgehead atoms. The van der Waals surface area contributed by atoms with Crippen molar-refractivity contribution in [3.05, 3.63) is 59.4 Å². The first-order valence-corrected chi connectivity index (χ1v) is 8.44. The summed E-state index contributed by atoms with van der Waals surface area (Å²) >= 11 is 0. The quantitative estimate of drug-likeness (QED) is 0.608. The van der Waals surface area contributed by atoms with Gasteiger partial charge in [-0.15, -0.1) is 24.8 Å². The number of imidazole rings is 1. The number of anilines is 1. The molecule has 27 heavy (non-hydrogen) atoms. The van der Waals surface area contributed by atoms with Crippen molar-refractivity contribution in [1.29, 1.82) is 0 Å². The Morgan fingerprint density at radius 3 is 2.67 bits per heavy atom. The Morgan fingerprint density at radius 1 is 1.22 bits per heavy atom. The number of nitrogens with one attached hydrogen (secondary N) is 2. The average Bonchev–Trinajstić information content (AvgIpc) is 3.30. The normalized spacial score (nSPS) is 15.8. The van der Waals surface area contributed by atoms with Gasteiger partial charge in [-0.05, 0) is 48.7 Å². The van der Waals surface area contributed by atoms with Gasteiger partial charge in [0.1, 0.15) is 11.9 Å². The molecule has 0 aliphatic carbocycles. The molecule has 4 N–H and O–H groups in total. The highest BCUT2D eigenvalue weighted by Gasteiger charge is 2.21. The molecule has 1 unspecified atom stereocenters. The fraction of sp³-hybridized carbons (Fsp3) is 0.263. The first-order chi connectivity index (χ1) is 12.2. The smallest absolute Gasteiger partial charge is 0.255 e. The summed E-state index contributed by atoms with van der Waals surface area (Å²) in [5, 5.41) is 2.92. The average molecular weight is 409 g/mol. The maximum atomic E-state index is 12.4. The van der Waals surface area contributed by atoms with E-state index in [0.717, 1.165) is 47.6 Å². The molecule has 0 saturated carbocycles. The van der Waals surface area contributed by atoms with Crippen LogP contribution >= 0.6 is 24.8 Å².